The van der Waals surface area contributed by atoms with E-state index in [-0.39, 0.29) is 5.91 Å². The van der Waals surface area contributed by atoms with Crippen LogP contribution in [0, 0.1) is 6.92 Å². The van der Waals surface area contributed by atoms with Crippen LogP contribution in [0.5, 0.6) is 0 Å². The molecule has 0 aliphatic rings. The first kappa shape index (κ1) is 19.4. The van der Waals surface area contributed by atoms with E-state index in [0.717, 1.165) is 11.3 Å². The van der Waals surface area contributed by atoms with Gasteiger partial charge in [0.25, 0.3) is 5.91 Å². The number of nitrogens with zero attached hydrogens (tertiary/aromatic N) is 3. The molecular weight excluding hydrogens is 376 g/mol. The van der Waals surface area contributed by atoms with Gasteiger partial charge in [-0.25, -0.2) is 9.97 Å². The molecule has 0 saturated carbocycles. The fraction of sp³-hybridized carbons (Fsp3) is 0.150. The number of amides is 1. The Kier molecular flexibility index (Phi) is 5.96. The second kappa shape index (κ2) is 8.58. The number of carbonyl (C=O) groups excluding carboxylic acids is 1. The van der Waals surface area contributed by atoms with Crippen LogP contribution in [-0.2, 0) is 0 Å². The van der Waals surface area contributed by atoms with E-state index in [9.17, 15) is 4.79 Å². The van der Waals surface area contributed by atoms with E-state index in [1.54, 1.807) is 24.3 Å². The van der Waals surface area contributed by atoms with Gasteiger partial charge in [0.2, 0.25) is 0 Å². The predicted octanol–water partition coefficient (Wildman–Crippen LogP) is 3.94. The van der Waals surface area contributed by atoms with Crippen molar-refractivity contribution in [2.45, 2.75) is 13.8 Å². The standard InChI is InChI=1S/C20H21ClN6O/c1-3-27(16-6-4-5-13(2)11-16)19-17(22)18(23-12-24-19)25-26-20(28)14-7-9-15(21)10-8-14/h4-12H,3,22H2,1-2H3,(H,26,28)(H,23,24,25). The number of halogens is 1. The third-order valence-electron chi connectivity index (χ3n) is 4.15. The molecular formula is C20H21ClN6O. The van der Waals surface area contributed by atoms with Crippen molar-refractivity contribution in [3.8, 4) is 0 Å². The van der Waals surface area contributed by atoms with Gasteiger partial charge in [0, 0.05) is 22.8 Å². The van der Waals surface area contributed by atoms with E-state index in [1.165, 1.54) is 6.33 Å². The highest BCUT2D eigenvalue weighted by Crippen LogP contribution is 2.31. The number of hydrazine groups is 1. The van der Waals surface area contributed by atoms with Gasteiger partial charge in [-0.15, -0.1) is 0 Å². The number of rotatable bonds is 6. The van der Waals surface area contributed by atoms with E-state index < -0.39 is 0 Å². The number of benzene rings is 2. The van der Waals surface area contributed by atoms with E-state index in [1.807, 2.05) is 36.9 Å². The Balaban J connectivity index is 1.80. The van der Waals surface area contributed by atoms with Crippen LogP contribution in [0.15, 0.2) is 54.9 Å². The second-order valence-electron chi connectivity index (χ2n) is 6.13. The molecule has 7 nitrogen and oxygen atoms in total. The molecule has 0 saturated heterocycles. The van der Waals surface area contributed by atoms with Gasteiger partial charge in [0.15, 0.2) is 11.6 Å². The summed E-state index contributed by atoms with van der Waals surface area (Å²) in [4.78, 5) is 22.7. The van der Waals surface area contributed by atoms with E-state index in [2.05, 4.69) is 26.9 Å². The number of nitrogens with two attached hydrogens (primary N) is 1. The summed E-state index contributed by atoms with van der Waals surface area (Å²) in [5.41, 5.74) is 14.5. The first-order valence-electron chi connectivity index (χ1n) is 8.76. The lowest BCUT2D eigenvalue weighted by molar-refractivity contribution is 0.0962. The van der Waals surface area contributed by atoms with Gasteiger partial charge in [-0.2, -0.15) is 0 Å². The van der Waals surface area contributed by atoms with E-state index in [0.29, 0.717) is 34.5 Å². The third-order valence-corrected chi connectivity index (χ3v) is 4.40. The van der Waals surface area contributed by atoms with Crippen LogP contribution in [0.25, 0.3) is 0 Å². The molecule has 28 heavy (non-hydrogen) atoms. The summed E-state index contributed by atoms with van der Waals surface area (Å²) in [7, 11) is 0. The number of hydrogen-bond acceptors (Lipinski definition) is 6. The third kappa shape index (κ3) is 4.32. The predicted molar refractivity (Wildman–Crippen MR) is 113 cm³/mol. The summed E-state index contributed by atoms with van der Waals surface area (Å²) in [5, 5.41) is 0.560. The Morgan fingerprint density at radius 3 is 2.61 bits per heavy atom. The molecule has 0 atom stereocenters. The van der Waals surface area contributed by atoms with Crippen molar-refractivity contribution in [3.63, 3.8) is 0 Å². The van der Waals surface area contributed by atoms with Crippen molar-refractivity contribution in [2.75, 3.05) is 22.6 Å². The van der Waals surface area contributed by atoms with Gasteiger partial charge < -0.3 is 10.6 Å². The fourth-order valence-electron chi connectivity index (χ4n) is 2.74. The molecule has 1 heterocycles. The molecule has 0 unspecified atom stereocenters. The maximum absolute atomic E-state index is 12.3. The molecule has 0 bridgehead atoms. The number of hydrogen-bond donors (Lipinski definition) is 3. The van der Waals surface area contributed by atoms with Crippen molar-refractivity contribution >= 4 is 40.5 Å². The molecule has 3 rings (SSSR count). The number of nitrogen functional groups attached to an aromatic ring is 1. The van der Waals surface area contributed by atoms with Crippen molar-refractivity contribution in [1.29, 1.82) is 0 Å². The van der Waals surface area contributed by atoms with Gasteiger partial charge in [-0.1, -0.05) is 23.7 Å². The Bertz CT molecular complexity index is 977. The summed E-state index contributed by atoms with van der Waals surface area (Å²) < 4.78 is 0. The SMILES string of the molecule is CCN(c1cccc(C)c1)c1ncnc(NNC(=O)c2ccc(Cl)cc2)c1N. The minimum atomic E-state index is -0.331. The molecule has 144 valence electrons. The second-order valence-corrected chi connectivity index (χ2v) is 6.57. The number of carbonyl (C=O) groups is 1. The van der Waals surface area contributed by atoms with Gasteiger partial charge in [-0.05, 0) is 55.8 Å². The Morgan fingerprint density at radius 2 is 1.93 bits per heavy atom. The molecule has 8 heteroatoms. The van der Waals surface area contributed by atoms with Gasteiger partial charge >= 0.3 is 0 Å². The maximum atomic E-state index is 12.3. The topological polar surface area (TPSA) is 96.2 Å². The quantitative estimate of drug-likeness (QED) is 0.546. The maximum Gasteiger partial charge on any atom is 0.269 e. The van der Waals surface area contributed by atoms with Crippen LogP contribution in [-0.4, -0.2) is 22.4 Å². The molecule has 0 aliphatic heterocycles. The normalized spacial score (nSPS) is 10.4. The highest BCUT2D eigenvalue weighted by Gasteiger charge is 2.16. The van der Waals surface area contributed by atoms with Crippen LogP contribution < -0.4 is 21.5 Å². The lowest BCUT2D eigenvalue weighted by atomic mass is 10.2. The Labute approximate surface area is 168 Å². The summed E-state index contributed by atoms with van der Waals surface area (Å²) in [5.74, 6) is 0.548. The zero-order valence-electron chi connectivity index (χ0n) is 15.6. The van der Waals surface area contributed by atoms with Crippen LogP contribution in [0.2, 0.25) is 5.02 Å². The van der Waals surface area contributed by atoms with Gasteiger partial charge in [0.1, 0.15) is 12.0 Å². The smallest absolute Gasteiger partial charge is 0.269 e. The highest BCUT2D eigenvalue weighted by atomic mass is 35.5. The average Bonchev–Trinajstić information content (AvgIpc) is 2.69. The molecule has 0 aliphatic carbocycles. The molecule has 4 N–H and O–H groups in total. The van der Waals surface area contributed by atoms with Crippen LogP contribution >= 0.6 is 11.6 Å². The first-order chi connectivity index (χ1) is 13.5. The Hall–Kier alpha value is -3.32. The lowest BCUT2D eigenvalue weighted by Crippen LogP contribution is -2.30. The number of nitrogens with one attached hydrogen (secondary N) is 2. The monoisotopic (exact) mass is 396 g/mol. The molecule has 1 aromatic heterocycles. The van der Waals surface area contributed by atoms with Crippen molar-refractivity contribution in [2.24, 2.45) is 0 Å². The largest absolute Gasteiger partial charge is 0.393 e. The number of aryl methyl sites for hydroxylation is 1. The van der Waals surface area contributed by atoms with Crippen LogP contribution in [0.3, 0.4) is 0 Å². The van der Waals surface area contributed by atoms with Crippen molar-refractivity contribution in [1.82, 2.24) is 15.4 Å². The highest BCUT2D eigenvalue weighted by molar-refractivity contribution is 6.30. The van der Waals surface area contributed by atoms with Crippen molar-refractivity contribution < 1.29 is 4.79 Å². The summed E-state index contributed by atoms with van der Waals surface area (Å²) >= 11 is 5.85. The zero-order chi connectivity index (χ0) is 20.1. The van der Waals surface area contributed by atoms with E-state index >= 15 is 0 Å². The van der Waals surface area contributed by atoms with Gasteiger partial charge in [-0.3, -0.25) is 15.6 Å². The molecule has 0 fully saturated rings. The molecule has 1 amide bonds. The molecule has 3 aromatic rings. The molecule has 2 aromatic carbocycles. The van der Waals surface area contributed by atoms with Crippen LogP contribution in [0.1, 0.15) is 22.8 Å². The fourth-order valence-corrected chi connectivity index (χ4v) is 2.87. The number of anilines is 4. The molecule has 0 spiro atoms. The molecule has 0 radical (unpaired) electrons. The summed E-state index contributed by atoms with van der Waals surface area (Å²) in [6.07, 6.45) is 1.40. The minimum Gasteiger partial charge on any atom is -0.393 e. The number of aromatic nitrogens is 2. The zero-order valence-corrected chi connectivity index (χ0v) is 16.4. The van der Waals surface area contributed by atoms with Crippen LogP contribution in [0.4, 0.5) is 23.0 Å². The van der Waals surface area contributed by atoms with Gasteiger partial charge in [0.05, 0.1) is 0 Å². The van der Waals surface area contributed by atoms with Crippen molar-refractivity contribution in [3.05, 3.63) is 71.0 Å². The first-order valence-corrected chi connectivity index (χ1v) is 9.14. The van der Waals surface area contributed by atoms with E-state index in [4.69, 9.17) is 17.3 Å². The summed E-state index contributed by atoms with van der Waals surface area (Å²) in [6.45, 7) is 4.71. The Morgan fingerprint density at radius 1 is 1.18 bits per heavy atom. The minimum absolute atomic E-state index is 0.318. The lowest BCUT2D eigenvalue weighted by Gasteiger charge is -2.24. The summed E-state index contributed by atoms with van der Waals surface area (Å²) in [6, 6.07) is 14.6. The average molecular weight is 397 g/mol.